The fourth-order valence-corrected chi connectivity index (χ4v) is 2.25. The summed E-state index contributed by atoms with van der Waals surface area (Å²) in [5, 5.41) is 3.15. The Bertz CT molecular complexity index is 764. The zero-order chi connectivity index (χ0) is 18.2. The Kier molecular flexibility index (Phi) is 6.97. The highest BCUT2D eigenvalue weighted by molar-refractivity contribution is 9.10. The maximum Gasteiger partial charge on any atom is 0.269 e. The first-order valence-electron chi connectivity index (χ1n) is 7.34. The average Bonchev–Trinajstić information content (AvgIpc) is 2.60. The quantitative estimate of drug-likeness (QED) is 0.645. The van der Waals surface area contributed by atoms with Crippen LogP contribution < -0.4 is 16.2 Å². The van der Waals surface area contributed by atoms with Crippen molar-refractivity contribution < 1.29 is 14.4 Å². The van der Waals surface area contributed by atoms with Gasteiger partial charge in [0.15, 0.2) is 0 Å². The molecule has 0 atom stereocenters. The molecule has 25 heavy (non-hydrogen) atoms. The van der Waals surface area contributed by atoms with Gasteiger partial charge in [-0.25, -0.2) is 0 Å². The van der Waals surface area contributed by atoms with Crippen LogP contribution in [0.15, 0.2) is 53.0 Å². The molecule has 0 saturated carbocycles. The first-order valence-corrected chi connectivity index (χ1v) is 8.51. The van der Waals surface area contributed by atoms with E-state index in [1.165, 1.54) is 0 Å². The molecule has 2 rings (SSSR count). The van der Waals surface area contributed by atoms with Gasteiger partial charge in [-0.15, -0.1) is 0 Å². The van der Waals surface area contributed by atoms with E-state index in [0.717, 1.165) is 4.47 Å². The van der Waals surface area contributed by atoms with E-state index >= 15 is 0 Å². The van der Waals surface area contributed by atoms with Crippen LogP contribution in [-0.4, -0.2) is 24.3 Å². The van der Waals surface area contributed by atoms with Crippen LogP contribution in [0.5, 0.6) is 0 Å². The van der Waals surface area contributed by atoms with Crippen LogP contribution in [-0.2, 0) is 4.79 Å². The maximum atomic E-state index is 11.9. The Labute approximate surface area is 158 Å². The Hall–Kier alpha value is -2.38. The van der Waals surface area contributed by atoms with Gasteiger partial charge in [-0.3, -0.25) is 25.2 Å². The van der Waals surface area contributed by atoms with Gasteiger partial charge in [-0.2, -0.15) is 0 Å². The summed E-state index contributed by atoms with van der Waals surface area (Å²) in [4.78, 5) is 35.4. The van der Waals surface area contributed by atoms with Gasteiger partial charge < -0.3 is 5.32 Å². The highest BCUT2D eigenvalue weighted by atomic mass is 79.9. The molecule has 0 bridgehead atoms. The van der Waals surface area contributed by atoms with E-state index < -0.39 is 11.8 Å². The van der Waals surface area contributed by atoms with Crippen molar-refractivity contribution in [3.8, 4) is 0 Å². The van der Waals surface area contributed by atoms with Crippen molar-refractivity contribution in [1.82, 2.24) is 16.2 Å². The van der Waals surface area contributed by atoms with Crippen LogP contribution in [0.3, 0.4) is 0 Å². The summed E-state index contributed by atoms with van der Waals surface area (Å²) in [7, 11) is 0. The number of hydrazine groups is 1. The van der Waals surface area contributed by atoms with Crippen molar-refractivity contribution in [3.05, 3.63) is 69.2 Å². The average molecular weight is 425 g/mol. The molecule has 3 N–H and O–H groups in total. The molecule has 0 aliphatic rings. The molecule has 0 fully saturated rings. The number of amides is 3. The Morgan fingerprint density at radius 2 is 1.40 bits per heavy atom. The SMILES string of the molecule is O=C(CCNC(=O)c1ccc(Br)cc1)NNC(=O)c1ccc(Cl)cc1. The van der Waals surface area contributed by atoms with Crippen molar-refractivity contribution in [1.29, 1.82) is 0 Å². The zero-order valence-electron chi connectivity index (χ0n) is 13.0. The number of nitrogens with one attached hydrogen (secondary N) is 3. The molecule has 2 aromatic carbocycles. The van der Waals surface area contributed by atoms with Crippen molar-refractivity contribution in [3.63, 3.8) is 0 Å². The Morgan fingerprint density at radius 1 is 0.840 bits per heavy atom. The van der Waals surface area contributed by atoms with Gasteiger partial charge in [-0.1, -0.05) is 27.5 Å². The largest absolute Gasteiger partial charge is 0.352 e. The molecule has 0 aromatic heterocycles. The van der Waals surface area contributed by atoms with E-state index in [1.807, 2.05) is 0 Å². The van der Waals surface area contributed by atoms with Crippen molar-refractivity contribution in [2.75, 3.05) is 6.54 Å². The molecule has 0 saturated heterocycles. The minimum absolute atomic E-state index is 0.0309. The number of hydrogen-bond acceptors (Lipinski definition) is 3. The van der Waals surface area contributed by atoms with E-state index in [-0.39, 0.29) is 18.9 Å². The molecule has 0 aliphatic heterocycles. The lowest BCUT2D eigenvalue weighted by molar-refractivity contribution is -0.121. The van der Waals surface area contributed by atoms with Crippen molar-refractivity contribution in [2.45, 2.75) is 6.42 Å². The predicted molar refractivity (Wildman–Crippen MR) is 98.2 cm³/mol. The lowest BCUT2D eigenvalue weighted by atomic mass is 10.2. The molecular formula is C17H15BrClN3O3. The fraction of sp³-hybridized carbons (Fsp3) is 0.118. The first kappa shape index (κ1) is 19.0. The molecule has 8 heteroatoms. The number of halogens is 2. The molecule has 0 spiro atoms. The smallest absolute Gasteiger partial charge is 0.269 e. The van der Waals surface area contributed by atoms with Gasteiger partial charge in [0, 0.05) is 33.6 Å². The minimum atomic E-state index is -0.455. The van der Waals surface area contributed by atoms with Crippen molar-refractivity contribution in [2.24, 2.45) is 0 Å². The molecule has 0 heterocycles. The van der Waals surface area contributed by atoms with Gasteiger partial charge in [0.1, 0.15) is 0 Å². The molecule has 0 unspecified atom stereocenters. The third-order valence-electron chi connectivity index (χ3n) is 3.17. The lowest BCUT2D eigenvalue weighted by Crippen LogP contribution is -2.42. The summed E-state index contributed by atoms with van der Waals surface area (Å²) < 4.78 is 0.875. The second-order valence-electron chi connectivity index (χ2n) is 5.02. The predicted octanol–water partition coefficient (Wildman–Crippen LogP) is 2.68. The lowest BCUT2D eigenvalue weighted by Gasteiger charge is -2.08. The van der Waals surface area contributed by atoms with E-state index in [2.05, 4.69) is 32.1 Å². The number of carbonyl (C=O) groups excluding carboxylic acids is 3. The van der Waals surface area contributed by atoms with Crippen LogP contribution in [0.2, 0.25) is 5.02 Å². The van der Waals surface area contributed by atoms with Gasteiger partial charge >= 0.3 is 0 Å². The molecular weight excluding hydrogens is 410 g/mol. The fourth-order valence-electron chi connectivity index (χ4n) is 1.86. The second-order valence-corrected chi connectivity index (χ2v) is 6.37. The summed E-state index contributed by atoms with van der Waals surface area (Å²) in [6.45, 7) is 0.150. The molecule has 2 aromatic rings. The number of hydrogen-bond donors (Lipinski definition) is 3. The topological polar surface area (TPSA) is 87.3 Å². The standard InChI is InChI=1S/C17H15BrClN3O3/c18-13-5-1-11(2-6-13)16(24)20-10-9-15(23)21-22-17(25)12-3-7-14(19)8-4-12/h1-8H,9-10H2,(H,20,24)(H,21,23)(H,22,25). The summed E-state index contributed by atoms with van der Waals surface area (Å²) in [5.74, 6) is -1.15. The number of rotatable bonds is 5. The van der Waals surface area contributed by atoms with Crippen LogP contribution in [0.1, 0.15) is 27.1 Å². The van der Waals surface area contributed by atoms with E-state index in [1.54, 1.807) is 48.5 Å². The van der Waals surface area contributed by atoms with Crippen LogP contribution >= 0.6 is 27.5 Å². The Morgan fingerprint density at radius 3 is 2.04 bits per heavy atom. The van der Waals surface area contributed by atoms with E-state index in [4.69, 9.17) is 11.6 Å². The summed E-state index contributed by atoms with van der Waals surface area (Å²) in [6.07, 6.45) is 0.0309. The minimum Gasteiger partial charge on any atom is -0.352 e. The van der Waals surface area contributed by atoms with Gasteiger partial charge in [0.25, 0.3) is 11.8 Å². The summed E-state index contributed by atoms with van der Waals surface area (Å²) in [6, 6.07) is 13.1. The van der Waals surface area contributed by atoms with Crippen LogP contribution in [0, 0.1) is 0 Å². The van der Waals surface area contributed by atoms with Crippen molar-refractivity contribution >= 4 is 45.3 Å². The monoisotopic (exact) mass is 423 g/mol. The normalized spacial score (nSPS) is 10.0. The molecule has 0 radical (unpaired) electrons. The highest BCUT2D eigenvalue weighted by Crippen LogP contribution is 2.10. The summed E-state index contributed by atoms with van der Waals surface area (Å²) >= 11 is 9.03. The van der Waals surface area contributed by atoms with Gasteiger partial charge in [0.2, 0.25) is 5.91 Å². The van der Waals surface area contributed by atoms with E-state index in [9.17, 15) is 14.4 Å². The zero-order valence-corrected chi connectivity index (χ0v) is 15.4. The molecule has 6 nitrogen and oxygen atoms in total. The Balaban J connectivity index is 1.70. The first-order chi connectivity index (χ1) is 12.0. The number of benzene rings is 2. The second kappa shape index (κ2) is 9.19. The molecule has 3 amide bonds. The molecule has 130 valence electrons. The van der Waals surface area contributed by atoms with E-state index in [0.29, 0.717) is 16.1 Å². The van der Waals surface area contributed by atoms with Crippen LogP contribution in [0.25, 0.3) is 0 Å². The van der Waals surface area contributed by atoms with Gasteiger partial charge in [0.05, 0.1) is 0 Å². The third kappa shape index (κ3) is 6.21. The van der Waals surface area contributed by atoms with Gasteiger partial charge in [-0.05, 0) is 48.5 Å². The highest BCUT2D eigenvalue weighted by Gasteiger charge is 2.09. The number of carbonyl (C=O) groups is 3. The van der Waals surface area contributed by atoms with Crippen LogP contribution in [0.4, 0.5) is 0 Å². The molecule has 0 aliphatic carbocycles. The maximum absolute atomic E-state index is 11.9. The third-order valence-corrected chi connectivity index (χ3v) is 3.95. The summed E-state index contributed by atoms with van der Waals surface area (Å²) in [5.41, 5.74) is 5.45.